The largest absolute Gasteiger partial charge is 0.371 e. The molecule has 10 heteroatoms. The second kappa shape index (κ2) is 8.21. The molecule has 2 aromatic carbocycles. The molecule has 0 amide bonds. The molecule has 0 bridgehead atoms. The van der Waals surface area contributed by atoms with E-state index in [0.29, 0.717) is 22.5 Å². The van der Waals surface area contributed by atoms with Crippen molar-refractivity contribution in [2.24, 2.45) is 0 Å². The van der Waals surface area contributed by atoms with Crippen molar-refractivity contribution in [1.29, 1.82) is 0 Å². The highest BCUT2D eigenvalue weighted by molar-refractivity contribution is 7.91. The standard InChI is InChI=1S/C24H28N6O3S/c1-15-5-8-21(16(2)13-15)34(32,33)24-22-25-23(31)19-7-6-18(14-20(19)30(22)27-26-24)29-11-9-17(10-12-29)28(3)4/h5-8,13-14,17H,9-12H2,1-4H3,(H,25,31). The summed E-state index contributed by atoms with van der Waals surface area (Å²) in [4.78, 5) is 20.3. The topological polar surface area (TPSA) is 104 Å². The van der Waals surface area contributed by atoms with Gasteiger partial charge in [-0.1, -0.05) is 22.9 Å². The normalized spacial score (nSPS) is 15.6. The quantitative estimate of drug-likeness (QED) is 0.479. The Labute approximate surface area is 197 Å². The zero-order valence-corrected chi connectivity index (χ0v) is 20.6. The minimum atomic E-state index is -3.98. The van der Waals surface area contributed by atoms with Crippen molar-refractivity contribution in [3.63, 3.8) is 0 Å². The minimum absolute atomic E-state index is 0.0703. The van der Waals surface area contributed by atoms with Gasteiger partial charge >= 0.3 is 0 Å². The van der Waals surface area contributed by atoms with Crippen LogP contribution in [0.25, 0.3) is 16.6 Å². The van der Waals surface area contributed by atoms with Crippen LogP contribution in [0.3, 0.4) is 0 Å². The Morgan fingerprint density at radius 2 is 1.79 bits per heavy atom. The number of nitrogens with one attached hydrogen (secondary N) is 1. The van der Waals surface area contributed by atoms with E-state index in [1.165, 1.54) is 4.52 Å². The molecule has 0 atom stereocenters. The molecule has 178 valence electrons. The highest BCUT2D eigenvalue weighted by atomic mass is 32.2. The van der Waals surface area contributed by atoms with Crippen LogP contribution in [0.1, 0.15) is 24.0 Å². The van der Waals surface area contributed by atoms with Crippen molar-refractivity contribution in [2.45, 2.75) is 42.7 Å². The minimum Gasteiger partial charge on any atom is -0.371 e. The predicted octanol–water partition coefficient (Wildman–Crippen LogP) is 2.55. The lowest BCUT2D eigenvalue weighted by atomic mass is 10.0. The highest BCUT2D eigenvalue weighted by Gasteiger charge is 2.28. The zero-order chi connectivity index (χ0) is 24.2. The van der Waals surface area contributed by atoms with Crippen molar-refractivity contribution in [3.05, 3.63) is 57.9 Å². The summed E-state index contributed by atoms with van der Waals surface area (Å²) in [6.45, 7) is 5.46. The van der Waals surface area contributed by atoms with Gasteiger partial charge in [-0.05, 0) is 70.6 Å². The first-order valence-electron chi connectivity index (χ1n) is 11.3. The average molecular weight is 481 g/mol. The number of aryl methyl sites for hydroxylation is 2. The molecule has 4 aromatic rings. The van der Waals surface area contributed by atoms with Crippen molar-refractivity contribution >= 4 is 32.1 Å². The number of anilines is 1. The van der Waals surface area contributed by atoms with Gasteiger partial charge < -0.3 is 14.8 Å². The first-order chi connectivity index (χ1) is 16.2. The fourth-order valence-corrected chi connectivity index (χ4v) is 6.30. The third-order valence-corrected chi connectivity index (χ3v) is 8.58. The molecule has 1 aliphatic rings. The number of sulfone groups is 1. The van der Waals surface area contributed by atoms with Gasteiger partial charge in [0.15, 0.2) is 5.65 Å². The molecule has 1 fully saturated rings. The van der Waals surface area contributed by atoms with Crippen molar-refractivity contribution in [1.82, 2.24) is 24.7 Å². The third-order valence-electron chi connectivity index (χ3n) is 6.76. The van der Waals surface area contributed by atoms with Crippen LogP contribution in [-0.2, 0) is 9.84 Å². The Bertz CT molecular complexity index is 1560. The average Bonchev–Trinajstić information content (AvgIpc) is 3.23. The Balaban J connectivity index is 1.61. The molecule has 3 heterocycles. The van der Waals surface area contributed by atoms with Crippen LogP contribution in [-0.4, -0.2) is 66.4 Å². The maximum atomic E-state index is 13.4. The molecule has 1 N–H and O–H groups in total. The van der Waals surface area contributed by atoms with Gasteiger partial charge in [-0.25, -0.2) is 8.42 Å². The van der Waals surface area contributed by atoms with Gasteiger partial charge in [0.2, 0.25) is 14.9 Å². The summed E-state index contributed by atoms with van der Waals surface area (Å²) in [6.07, 6.45) is 2.11. The molecule has 9 nitrogen and oxygen atoms in total. The molecule has 0 spiro atoms. The molecule has 5 rings (SSSR count). The van der Waals surface area contributed by atoms with Crippen LogP contribution in [0.15, 0.2) is 51.1 Å². The zero-order valence-electron chi connectivity index (χ0n) is 19.7. The lowest BCUT2D eigenvalue weighted by molar-refractivity contribution is 0.249. The number of H-pyrrole nitrogens is 1. The Morgan fingerprint density at radius 1 is 1.06 bits per heavy atom. The van der Waals surface area contributed by atoms with Gasteiger partial charge in [0.25, 0.3) is 5.56 Å². The first kappa shape index (κ1) is 22.5. The Kier molecular flexibility index (Phi) is 5.44. The third kappa shape index (κ3) is 3.67. The Morgan fingerprint density at radius 3 is 2.47 bits per heavy atom. The van der Waals surface area contributed by atoms with Crippen molar-refractivity contribution in [2.75, 3.05) is 32.1 Å². The molecule has 1 saturated heterocycles. The van der Waals surface area contributed by atoms with Gasteiger partial charge in [-0.15, -0.1) is 5.10 Å². The van der Waals surface area contributed by atoms with E-state index in [0.717, 1.165) is 37.2 Å². The van der Waals surface area contributed by atoms with E-state index in [9.17, 15) is 13.2 Å². The number of piperidine rings is 1. The fourth-order valence-electron chi connectivity index (χ4n) is 4.83. The molecule has 0 aliphatic carbocycles. The number of hydrogen-bond donors (Lipinski definition) is 1. The maximum Gasteiger partial charge on any atom is 0.259 e. The Hall–Kier alpha value is -3.24. The van der Waals surface area contributed by atoms with E-state index in [-0.39, 0.29) is 21.1 Å². The van der Waals surface area contributed by atoms with Crippen molar-refractivity contribution < 1.29 is 8.42 Å². The highest BCUT2D eigenvalue weighted by Crippen LogP contribution is 2.28. The van der Waals surface area contributed by atoms with E-state index in [1.807, 2.05) is 25.1 Å². The van der Waals surface area contributed by atoms with E-state index in [2.05, 4.69) is 39.2 Å². The molecular weight excluding hydrogens is 452 g/mol. The smallest absolute Gasteiger partial charge is 0.259 e. The van der Waals surface area contributed by atoms with Gasteiger partial charge in [-0.2, -0.15) is 4.52 Å². The van der Waals surface area contributed by atoms with E-state index < -0.39 is 9.84 Å². The summed E-state index contributed by atoms with van der Waals surface area (Å²) in [7, 11) is 0.230. The summed E-state index contributed by atoms with van der Waals surface area (Å²) >= 11 is 0. The second-order valence-corrected chi connectivity index (χ2v) is 11.1. The molecule has 1 aliphatic heterocycles. The van der Waals surface area contributed by atoms with Gasteiger partial charge in [0.1, 0.15) is 0 Å². The van der Waals surface area contributed by atoms with E-state index in [4.69, 9.17) is 0 Å². The van der Waals surface area contributed by atoms with Gasteiger partial charge in [-0.3, -0.25) is 4.79 Å². The molecule has 0 radical (unpaired) electrons. The van der Waals surface area contributed by atoms with Gasteiger partial charge in [0.05, 0.1) is 15.8 Å². The van der Waals surface area contributed by atoms with Crippen LogP contribution in [0.2, 0.25) is 0 Å². The van der Waals surface area contributed by atoms with Crippen LogP contribution >= 0.6 is 0 Å². The summed E-state index contributed by atoms with van der Waals surface area (Å²) < 4.78 is 28.3. The summed E-state index contributed by atoms with van der Waals surface area (Å²) in [6, 6.07) is 11.3. The number of aromatic amines is 1. The van der Waals surface area contributed by atoms with E-state index >= 15 is 0 Å². The lowest BCUT2D eigenvalue weighted by Gasteiger charge is -2.36. The predicted molar refractivity (Wildman–Crippen MR) is 131 cm³/mol. The lowest BCUT2D eigenvalue weighted by Crippen LogP contribution is -2.42. The summed E-state index contributed by atoms with van der Waals surface area (Å²) in [5, 5.41) is 8.32. The van der Waals surface area contributed by atoms with Crippen LogP contribution in [0.4, 0.5) is 5.69 Å². The second-order valence-electron chi connectivity index (χ2n) is 9.26. The SMILES string of the molecule is Cc1ccc(S(=O)(=O)c2nnn3c2[nH]c(=O)c2ccc(N4CCC(N(C)C)CC4)cc23)c(C)c1. The summed E-state index contributed by atoms with van der Waals surface area (Å²) in [5.74, 6) is 0. The monoisotopic (exact) mass is 480 g/mol. The molecule has 34 heavy (non-hydrogen) atoms. The molecule has 0 saturated carbocycles. The van der Waals surface area contributed by atoms with Crippen LogP contribution in [0, 0.1) is 13.8 Å². The molecular formula is C24H28N6O3S. The van der Waals surface area contributed by atoms with Crippen molar-refractivity contribution in [3.8, 4) is 0 Å². The van der Waals surface area contributed by atoms with Gasteiger partial charge in [0, 0.05) is 24.8 Å². The number of fused-ring (bicyclic) bond motifs is 3. The maximum absolute atomic E-state index is 13.4. The number of aromatic nitrogens is 4. The number of rotatable bonds is 4. The molecule has 0 unspecified atom stereocenters. The summed E-state index contributed by atoms with van der Waals surface area (Å²) in [5.41, 5.74) is 2.78. The fraction of sp³-hybridized carbons (Fsp3) is 0.375. The number of benzene rings is 2. The first-order valence-corrected chi connectivity index (χ1v) is 12.8. The molecule has 2 aromatic heterocycles. The number of nitrogens with zero attached hydrogens (tertiary/aromatic N) is 5. The van der Waals surface area contributed by atoms with E-state index in [1.54, 1.807) is 25.1 Å². The van der Waals surface area contributed by atoms with Crippen LogP contribution < -0.4 is 10.5 Å². The van der Waals surface area contributed by atoms with Crippen LogP contribution in [0.5, 0.6) is 0 Å². The number of hydrogen-bond acceptors (Lipinski definition) is 7.